The first kappa shape index (κ1) is 17.3. The number of benzene rings is 1. The fourth-order valence-corrected chi connectivity index (χ4v) is 2.97. The number of nitrogens with zero attached hydrogens (tertiary/aromatic N) is 2. The molecule has 1 amide bonds. The van der Waals surface area contributed by atoms with Crippen molar-refractivity contribution in [2.75, 3.05) is 20.1 Å². The zero-order valence-corrected chi connectivity index (χ0v) is 14.4. The number of rotatable bonds is 5. The van der Waals surface area contributed by atoms with Crippen LogP contribution in [0.15, 0.2) is 29.3 Å². The van der Waals surface area contributed by atoms with Gasteiger partial charge in [-0.3, -0.25) is 9.79 Å². The second-order valence-corrected chi connectivity index (χ2v) is 5.87. The Morgan fingerprint density at radius 1 is 1.30 bits per heavy atom. The summed E-state index contributed by atoms with van der Waals surface area (Å²) in [5.74, 6) is 1.03. The van der Waals surface area contributed by atoms with Gasteiger partial charge in [0, 0.05) is 39.1 Å². The van der Waals surface area contributed by atoms with E-state index in [1.165, 1.54) is 11.1 Å². The molecule has 1 aromatic rings. The van der Waals surface area contributed by atoms with E-state index in [9.17, 15) is 4.79 Å². The summed E-state index contributed by atoms with van der Waals surface area (Å²) in [4.78, 5) is 18.0. The lowest BCUT2D eigenvalue weighted by Gasteiger charge is -2.19. The lowest BCUT2D eigenvalue weighted by Crippen LogP contribution is -2.44. The Bertz CT molecular complexity index is 556. The SMILES string of the molecule is CCC(=O)N1CCC(NC(=NC)NCc2ccccc2CC)C1. The van der Waals surface area contributed by atoms with Crippen LogP contribution >= 0.6 is 0 Å². The van der Waals surface area contributed by atoms with Crippen molar-refractivity contribution in [1.29, 1.82) is 0 Å². The molecule has 5 nitrogen and oxygen atoms in total. The first-order valence-electron chi connectivity index (χ1n) is 8.49. The smallest absolute Gasteiger partial charge is 0.222 e. The number of carbonyl (C=O) groups excluding carboxylic acids is 1. The molecule has 2 N–H and O–H groups in total. The van der Waals surface area contributed by atoms with Gasteiger partial charge in [-0.15, -0.1) is 0 Å². The molecule has 0 saturated carbocycles. The second-order valence-electron chi connectivity index (χ2n) is 5.87. The number of hydrogen-bond donors (Lipinski definition) is 2. The van der Waals surface area contributed by atoms with Gasteiger partial charge in [-0.1, -0.05) is 38.1 Å². The molecule has 126 valence electrons. The van der Waals surface area contributed by atoms with Gasteiger partial charge < -0.3 is 15.5 Å². The van der Waals surface area contributed by atoms with Crippen molar-refractivity contribution < 1.29 is 4.79 Å². The molecule has 2 rings (SSSR count). The van der Waals surface area contributed by atoms with E-state index in [0.29, 0.717) is 6.42 Å². The quantitative estimate of drug-likeness (QED) is 0.644. The summed E-state index contributed by atoms with van der Waals surface area (Å²) < 4.78 is 0. The summed E-state index contributed by atoms with van der Waals surface area (Å²) in [6, 6.07) is 8.73. The topological polar surface area (TPSA) is 56.7 Å². The van der Waals surface area contributed by atoms with Crippen LogP contribution in [-0.2, 0) is 17.8 Å². The minimum atomic E-state index is 0.231. The third-order valence-corrected chi connectivity index (χ3v) is 4.35. The Morgan fingerprint density at radius 2 is 2.04 bits per heavy atom. The number of guanidine groups is 1. The van der Waals surface area contributed by atoms with E-state index >= 15 is 0 Å². The Kier molecular flexibility index (Phi) is 6.44. The molecule has 1 heterocycles. The molecule has 1 aliphatic heterocycles. The number of hydrogen-bond acceptors (Lipinski definition) is 2. The molecule has 0 aromatic heterocycles. The Morgan fingerprint density at radius 3 is 2.70 bits per heavy atom. The van der Waals surface area contributed by atoms with E-state index in [1.807, 2.05) is 11.8 Å². The summed E-state index contributed by atoms with van der Waals surface area (Å²) in [5, 5.41) is 6.81. The van der Waals surface area contributed by atoms with Crippen molar-refractivity contribution in [3.8, 4) is 0 Å². The molecule has 0 aliphatic carbocycles. The highest BCUT2D eigenvalue weighted by molar-refractivity contribution is 5.80. The molecule has 1 unspecified atom stereocenters. The fraction of sp³-hybridized carbons (Fsp3) is 0.556. The number of carbonyl (C=O) groups is 1. The zero-order chi connectivity index (χ0) is 16.7. The molecule has 1 atom stereocenters. The molecule has 0 radical (unpaired) electrons. The van der Waals surface area contributed by atoms with E-state index < -0.39 is 0 Å². The maximum atomic E-state index is 11.7. The highest BCUT2D eigenvalue weighted by Gasteiger charge is 2.25. The molecule has 1 saturated heterocycles. The second kappa shape index (κ2) is 8.56. The van der Waals surface area contributed by atoms with Gasteiger partial charge in [-0.2, -0.15) is 0 Å². The first-order chi connectivity index (χ1) is 11.2. The van der Waals surface area contributed by atoms with E-state index in [-0.39, 0.29) is 11.9 Å². The van der Waals surface area contributed by atoms with Crippen molar-refractivity contribution in [3.63, 3.8) is 0 Å². The van der Waals surface area contributed by atoms with Gasteiger partial charge in [0.25, 0.3) is 0 Å². The van der Waals surface area contributed by atoms with Crippen LogP contribution in [0.5, 0.6) is 0 Å². The Labute approximate surface area is 139 Å². The van der Waals surface area contributed by atoms with Crippen LogP contribution in [0.1, 0.15) is 37.8 Å². The number of amides is 1. The monoisotopic (exact) mass is 316 g/mol. The fourth-order valence-electron chi connectivity index (χ4n) is 2.97. The zero-order valence-electron chi connectivity index (χ0n) is 14.4. The van der Waals surface area contributed by atoms with E-state index in [4.69, 9.17) is 0 Å². The minimum absolute atomic E-state index is 0.231. The standard InChI is InChI=1S/C18H28N4O/c1-4-14-8-6-7-9-15(14)12-20-18(19-3)21-16-10-11-22(13-16)17(23)5-2/h6-9,16H,4-5,10-13H2,1-3H3,(H2,19,20,21). The van der Waals surface area contributed by atoms with Crippen LogP contribution in [0, 0.1) is 0 Å². The number of aliphatic imine (C=N–C) groups is 1. The summed E-state index contributed by atoms with van der Waals surface area (Å²) >= 11 is 0. The molecular weight excluding hydrogens is 288 g/mol. The van der Waals surface area contributed by atoms with Gasteiger partial charge in [0.15, 0.2) is 5.96 Å². The van der Waals surface area contributed by atoms with Crippen LogP contribution in [0.3, 0.4) is 0 Å². The summed E-state index contributed by atoms with van der Waals surface area (Å²) in [6.07, 6.45) is 2.58. The molecule has 1 aromatic carbocycles. The van der Waals surface area contributed by atoms with Crippen LogP contribution < -0.4 is 10.6 Å². The third kappa shape index (κ3) is 4.71. The van der Waals surface area contributed by atoms with Gasteiger partial charge in [0.2, 0.25) is 5.91 Å². The summed E-state index contributed by atoms with van der Waals surface area (Å²) in [7, 11) is 1.78. The maximum Gasteiger partial charge on any atom is 0.222 e. The molecule has 1 fully saturated rings. The number of likely N-dealkylation sites (tertiary alicyclic amines) is 1. The van der Waals surface area contributed by atoms with Crippen molar-refractivity contribution in [2.45, 2.75) is 45.7 Å². The average molecular weight is 316 g/mol. The highest BCUT2D eigenvalue weighted by Crippen LogP contribution is 2.11. The molecule has 1 aliphatic rings. The largest absolute Gasteiger partial charge is 0.352 e. The van der Waals surface area contributed by atoms with Gasteiger partial charge in [0.05, 0.1) is 0 Å². The highest BCUT2D eigenvalue weighted by atomic mass is 16.2. The van der Waals surface area contributed by atoms with Crippen LogP contribution in [0.25, 0.3) is 0 Å². The average Bonchev–Trinajstić information content (AvgIpc) is 3.06. The predicted octanol–water partition coefficient (Wildman–Crippen LogP) is 1.92. The maximum absolute atomic E-state index is 11.7. The Balaban J connectivity index is 1.86. The molecule has 0 bridgehead atoms. The number of aryl methyl sites for hydroxylation is 1. The molecule has 0 spiro atoms. The van der Waals surface area contributed by atoms with Crippen LogP contribution in [0.4, 0.5) is 0 Å². The Hall–Kier alpha value is -2.04. The third-order valence-electron chi connectivity index (χ3n) is 4.35. The van der Waals surface area contributed by atoms with Crippen LogP contribution in [-0.4, -0.2) is 42.9 Å². The van der Waals surface area contributed by atoms with Gasteiger partial charge in [-0.25, -0.2) is 0 Å². The van der Waals surface area contributed by atoms with Crippen molar-refractivity contribution >= 4 is 11.9 Å². The molecule has 23 heavy (non-hydrogen) atoms. The lowest BCUT2D eigenvalue weighted by molar-refractivity contribution is -0.129. The summed E-state index contributed by atoms with van der Waals surface area (Å²) in [6.45, 7) is 6.44. The van der Waals surface area contributed by atoms with Gasteiger partial charge >= 0.3 is 0 Å². The van der Waals surface area contributed by atoms with Crippen molar-refractivity contribution in [2.24, 2.45) is 4.99 Å². The lowest BCUT2D eigenvalue weighted by atomic mass is 10.1. The number of nitrogens with one attached hydrogen (secondary N) is 2. The normalized spacial score (nSPS) is 18.1. The van der Waals surface area contributed by atoms with E-state index in [2.05, 4.69) is 46.8 Å². The van der Waals surface area contributed by atoms with E-state index in [1.54, 1.807) is 7.05 Å². The summed E-state index contributed by atoms with van der Waals surface area (Å²) in [5.41, 5.74) is 2.66. The minimum Gasteiger partial charge on any atom is -0.352 e. The predicted molar refractivity (Wildman–Crippen MR) is 94.4 cm³/mol. The van der Waals surface area contributed by atoms with Gasteiger partial charge in [0.1, 0.15) is 0 Å². The van der Waals surface area contributed by atoms with Crippen molar-refractivity contribution in [1.82, 2.24) is 15.5 Å². The van der Waals surface area contributed by atoms with Gasteiger partial charge in [-0.05, 0) is 24.0 Å². The van der Waals surface area contributed by atoms with Crippen molar-refractivity contribution in [3.05, 3.63) is 35.4 Å². The molecular formula is C18H28N4O. The van der Waals surface area contributed by atoms with Crippen LogP contribution in [0.2, 0.25) is 0 Å². The first-order valence-corrected chi connectivity index (χ1v) is 8.49. The van der Waals surface area contributed by atoms with E-state index in [0.717, 1.165) is 38.4 Å². The molecule has 5 heteroatoms.